The molecule has 126 valence electrons. The van der Waals surface area contributed by atoms with E-state index in [0.29, 0.717) is 16.3 Å². The number of hydrogen-bond donors (Lipinski definition) is 1. The Labute approximate surface area is 140 Å². The van der Waals surface area contributed by atoms with Gasteiger partial charge in [0, 0.05) is 24.2 Å². The van der Waals surface area contributed by atoms with Crippen LogP contribution in [-0.4, -0.2) is 31.3 Å². The van der Waals surface area contributed by atoms with Crippen LogP contribution in [0.2, 0.25) is 5.02 Å². The summed E-state index contributed by atoms with van der Waals surface area (Å²) in [5.74, 6) is -0.400. The predicted molar refractivity (Wildman–Crippen MR) is 87.5 cm³/mol. The molecule has 2 amide bonds. The molecule has 0 aliphatic carbocycles. The Morgan fingerprint density at radius 3 is 2.61 bits per heavy atom. The molecule has 1 N–H and O–H groups in total. The molecule has 6 nitrogen and oxygen atoms in total. The summed E-state index contributed by atoms with van der Waals surface area (Å²) in [6, 6.07) is 4.98. The molecular weight excluding hydrogens is 320 g/mol. The molecular formula is C16H21ClN2O4. The molecule has 0 saturated carbocycles. The van der Waals surface area contributed by atoms with Gasteiger partial charge in [-0.2, -0.15) is 0 Å². The van der Waals surface area contributed by atoms with Crippen LogP contribution >= 0.6 is 11.6 Å². The average molecular weight is 341 g/mol. The minimum absolute atomic E-state index is 0.234. The van der Waals surface area contributed by atoms with Crippen LogP contribution in [0.15, 0.2) is 18.2 Å². The SMILES string of the molecule is CCO[C@@]1(NC(=O)OC(C)(C)C)C(=O)N(C)c2cc(Cl)ccc21. The number of nitrogens with zero attached hydrogens (tertiary/aromatic N) is 1. The van der Waals surface area contributed by atoms with E-state index in [1.807, 2.05) is 0 Å². The summed E-state index contributed by atoms with van der Waals surface area (Å²) in [4.78, 5) is 26.4. The van der Waals surface area contributed by atoms with E-state index in [9.17, 15) is 9.59 Å². The van der Waals surface area contributed by atoms with Gasteiger partial charge < -0.3 is 14.4 Å². The summed E-state index contributed by atoms with van der Waals surface area (Å²) in [5, 5.41) is 3.08. The van der Waals surface area contributed by atoms with E-state index >= 15 is 0 Å². The van der Waals surface area contributed by atoms with Gasteiger partial charge in [0.2, 0.25) is 0 Å². The maximum atomic E-state index is 12.8. The van der Waals surface area contributed by atoms with Crippen LogP contribution in [0, 0.1) is 0 Å². The molecule has 7 heteroatoms. The Morgan fingerprint density at radius 2 is 2.04 bits per heavy atom. The number of halogens is 1. The molecule has 0 unspecified atom stereocenters. The largest absolute Gasteiger partial charge is 0.444 e. The van der Waals surface area contributed by atoms with Crippen molar-refractivity contribution in [3.8, 4) is 0 Å². The molecule has 1 aromatic carbocycles. The van der Waals surface area contributed by atoms with Crippen molar-refractivity contribution in [3.63, 3.8) is 0 Å². The number of likely N-dealkylation sites (N-methyl/N-ethyl adjacent to an activating group) is 1. The summed E-state index contributed by atoms with van der Waals surface area (Å²) in [6.45, 7) is 7.22. The number of alkyl carbamates (subject to hydrolysis) is 1. The first kappa shape index (κ1) is 17.6. The van der Waals surface area contributed by atoms with E-state index in [0.717, 1.165) is 0 Å². The van der Waals surface area contributed by atoms with E-state index in [2.05, 4.69) is 5.32 Å². The van der Waals surface area contributed by atoms with Gasteiger partial charge in [0.1, 0.15) is 5.60 Å². The molecule has 0 radical (unpaired) electrons. The van der Waals surface area contributed by atoms with Gasteiger partial charge in [0.15, 0.2) is 0 Å². The third-order valence-electron chi connectivity index (χ3n) is 3.34. The van der Waals surface area contributed by atoms with Gasteiger partial charge in [0.05, 0.1) is 5.69 Å². The molecule has 0 spiro atoms. The van der Waals surface area contributed by atoms with Crippen LogP contribution in [0.3, 0.4) is 0 Å². The number of amides is 2. The van der Waals surface area contributed by atoms with Crippen molar-refractivity contribution in [2.24, 2.45) is 0 Å². The van der Waals surface area contributed by atoms with Crippen molar-refractivity contribution in [1.82, 2.24) is 5.32 Å². The van der Waals surface area contributed by atoms with E-state index < -0.39 is 23.3 Å². The van der Waals surface area contributed by atoms with Crippen molar-refractivity contribution in [2.45, 2.75) is 39.0 Å². The number of rotatable bonds is 3. The lowest BCUT2D eigenvalue weighted by Crippen LogP contribution is -2.55. The molecule has 0 fully saturated rings. The Bertz CT molecular complexity index is 641. The van der Waals surface area contributed by atoms with Gasteiger partial charge in [-0.15, -0.1) is 0 Å². The summed E-state index contributed by atoms with van der Waals surface area (Å²) in [5.41, 5.74) is -1.17. The first-order chi connectivity index (χ1) is 10.6. The van der Waals surface area contributed by atoms with E-state index in [1.54, 1.807) is 52.9 Å². The second kappa shape index (κ2) is 6.02. The first-order valence-corrected chi connectivity index (χ1v) is 7.72. The van der Waals surface area contributed by atoms with Crippen LogP contribution in [0.5, 0.6) is 0 Å². The fourth-order valence-electron chi connectivity index (χ4n) is 2.50. The van der Waals surface area contributed by atoms with Gasteiger partial charge in [-0.25, -0.2) is 4.79 Å². The maximum Gasteiger partial charge on any atom is 0.410 e. The summed E-state index contributed by atoms with van der Waals surface area (Å²) in [6.07, 6.45) is -0.726. The molecule has 0 saturated heterocycles. The van der Waals surface area contributed by atoms with Crippen molar-refractivity contribution in [3.05, 3.63) is 28.8 Å². The summed E-state index contributed by atoms with van der Waals surface area (Å²) in [7, 11) is 1.61. The second-order valence-corrected chi connectivity index (χ2v) is 6.70. The van der Waals surface area contributed by atoms with Crippen molar-refractivity contribution >= 4 is 29.3 Å². The fourth-order valence-corrected chi connectivity index (χ4v) is 2.67. The lowest BCUT2D eigenvalue weighted by atomic mass is 10.0. The zero-order valence-electron chi connectivity index (χ0n) is 13.9. The molecule has 1 aromatic rings. The van der Waals surface area contributed by atoms with Crippen LogP contribution in [0.25, 0.3) is 0 Å². The second-order valence-electron chi connectivity index (χ2n) is 6.27. The Balaban J connectivity index is 2.45. The van der Waals surface area contributed by atoms with Crippen molar-refractivity contribution < 1.29 is 19.1 Å². The first-order valence-electron chi connectivity index (χ1n) is 7.34. The lowest BCUT2D eigenvalue weighted by Gasteiger charge is -2.30. The number of nitrogens with one attached hydrogen (secondary N) is 1. The summed E-state index contributed by atoms with van der Waals surface area (Å²) < 4.78 is 10.9. The number of hydrogen-bond acceptors (Lipinski definition) is 4. The predicted octanol–water partition coefficient (Wildman–Crippen LogP) is 3.03. The summed E-state index contributed by atoms with van der Waals surface area (Å²) >= 11 is 6.01. The van der Waals surface area contributed by atoms with Crippen molar-refractivity contribution in [2.75, 3.05) is 18.6 Å². The highest BCUT2D eigenvalue weighted by atomic mass is 35.5. The molecule has 0 bridgehead atoms. The minimum Gasteiger partial charge on any atom is -0.444 e. The highest BCUT2D eigenvalue weighted by Crippen LogP contribution is 2.41. The molecule has 0 aromatic heterocycles. The minimum atomic E-state index is -1.61. The number of carbonyl (C=O) groups is 2. The van der Waals surface area contributed by atoms with Crippen molar-refractivity contribution in [1.29, 1.82) is 0 Å². The van der Waals surface area contributed by atoms with Gasteiger partial charge in [0.25, 0.3) is 11.6 Å². The smallest absolute Gasteiger partial charge is 0.410 e. The number of anilines is 1. The molecule has 1 aliphatic rings. The molecule has 1 atom stereocenters. The van der Waals surface area contributed by atoms with Crippen LogP contribution in [-0.2, 0) is 20.0 Å². The quantitative estimate of drug-likeness (QED) is 0.859. The van der Waals surface area contributed by atoms with Gasteiger partial charge in [-0.05, 0) is 39.8 Å². The third kappa shape index (κ3) is 3.28. The Kier molecular flexibility index (Phi) is 4.59. The zero-order valence-corrected chi connectivity index (χ0v) is 14.7. The van der Waals surface area contributed by atoms with Crippen LogP contribution in [0.1, 0.15) is 33.3 Å². The molecule has 1 heterocycles. The van der Waals surface area contributed by atoms with E-state index in [-0.39, 0.29) is 6.61 Å². The topological polar surface area (TPSA) is 67.9 Å². The maximum absolute atomic E-state index is 12.8. The van der Waals surface area contributed by atoms with Gasteiger partial charge >= 0.3 is 6.09 Å². The number of ether oxygens (including phenoxy) is 2. The standard InChI is InChI=1S/C16H21ClN2O4/c1-6-22-16(18-14(21)23-15(2,3)4)11-8-7-10(17)9-12(11)19(5)13(16)20/h7-9H,6H2,1-5H3,(H,18,21)/t16-/m1/s1. The fraction of sp³-hybridized carbons (Fsp3) is 0.500. The Hall–Kier alpha value is -1.79. The van der Waals surface area contributed by atoms with Gasteiger partial charge in [-0.3, -0.25) is 10.1 Å². The number of benzene rings is 1. The zero-order chi connectivity index (χ0) is 17.4. The lowest BCUT2D eigenvalue weighted by molar-refractivity contribution is -0.147. The van der Waals surface area contributed by atoms with Gasteiger partial charge in [-0.1, -0.05) is 17.7 Å². The molecule has 2 rings (SSSR count). The number of carbonyl (C=O) groups excluding carboxylic acids is 2. The average Bonchev–Trinajstić information content (AvgIpc) is 2.60. The monoisotopic (exact) mass is 340 g/mol. The van der Waals surface area contributed by atoms with E-state index in [1.165, 1.54) is 4.90 Å². The number of fused-ring (bicyclic) bond motifs is 1. The third-order valence-corrected chi connectivity index (χ3v) is 3.58. The molecule has 23 heavy (non-hydrogen) atoms. The normalized spacial score (nSPS) is 20.4. The molecule has 1 aliphatic heterocycles. The van der Waals surface area contributed by atoms with Crippen LogP contribution < -0.4 is 10.2 Å². The highest BCUT2D eigenvalue weighted by Gasteiger charge is 2.53. The highest BCUT2D eigenvalue weighted by molar-refractivity contribution is 6.31. The van der Waals surface area contributed by atoms with E-state index in [4.69, 9.17) is 21.1 Å². The Morgan fingerprint density at radius 1 is 1.39 bits per heavy atom. The van der Waals surface area contributed by atoms with Crippen LogP contribution in [0.4, 0.5) is 10.5 Å².